The number of hydrogen-bond acceptors (Lipinski definition) is 8. The monoisotopic (exact) mass is 519 g/mol. The van der Waals surface area contributed by atoms with Crippen LogP contribution in [0, 0.1) is 0 Å². The van der Waals surface area contributed by atoms with E-state index < -0.39 is 29.1 Å². The van der Waals surface area contributed by atoms with Crippen molar-refractivity contribution >= 4 is 34.9 Å². The van der Waals surface area contributed by atoms with Crippen molar-refractivity contribution < 1.29 is 23.9 Å². The van der Waals surface area contributed by atoms with E-state index in [1.54, 1.807) is 61.5 Å². The average molecular weight is 520 g/mol. The second-order valence-corrected chi connectivity index (χ2v) is 9.19. The van der Waals surface area contributed by atoms with Gasteiger partial charge in [0.15, 0.2) is 5.54 Å². The highest BCUT2D eigenvalue weighted by molar-refractivity contribution is 6.47. The summed E-state index contributed by atoms with van der Waals surface area (Å²) in [6, 6.07) is 17.4. The summed E-state index contributed by atoms with van der Waals surface area (Å²) in [4.78, 5) is 57.7. The van der Waals surface area contributed by atoms with Gasteiger partial charge in [-0.2, -0.15) is 0 Å². The van der Waals surface area contributed by atoms with Crippen molar-refractivity contribution in [2.24, 2.45) is 0 Å². The molecule has 0 unspecified atom stereocenters. The van der Waals surface area contributed by atoms with Crippen LogP contribution in [0.4, 0.5) is 11.4 Å². The molecule has 0 aromatic heterocycles. The molecule has 10 nitrogen and oxygen atoms in total. The molecule has 4 rings (SSSR count). The lowest BCUT2D eigenvalue weighted by Crippen LogP contribution is -2.55. The van der Waals surface area contributed by atoms with Gasteiger partial charge in [-0.15, -0.1) is 0 Å². The van der Waals surface area contributed by atoms with E-state index in [9.17, 15) is 19.2 Å². The number of nitrogens with zero attached hydrogens (tertiary/aromatic N) is 2. The third kappa shape index (κ3) is 5.46. The molecule has 0 spiro atoms. The number of amides is 2. The molecule has 200 valence electrons. The van der Waals surface area contributed by atoms with Crippen LogP contribution in [-0.4, -0.2) is 79.9 Å². The van der Waals surface area contributed by atoms with Gasteiger partial charge in [-0.05, 0) is 38.1 Å². The molecule has 0 bridgehead atoms. The topological polar surface area (TPSA) is 120 Å². The van der Waals surface area contributed by atoms with Gasteiger partial charge in [-0.25, -0.2) is 4.79 Å². The molecule has 0 aliphatic carbocycles. The van der Waals surface area contributed by atoms with Gasteiger partial charge >= 0.3 is 5.97 Å². The fourth-order valence-corrected chi connectivity index (χ4v) is 4.77. The summed E-state index contributed by atoms with van der Waals surface area (Å²) in [5, 5.41) is 8.94. The van der Waals surface area contributed by atoms with E-state index in [-0.39, 0.29) is 24.4 Å². The summed E-state index contributed by atoms with van der Waals surface area (Å²) in [6.45, 7) is 7.38. The summed E-state index contributed by atoms with van der Waals surface area (Å²) >= 11 is 0. The van der Waals surface area contributed by atoms with Crippen LogP contribution in [0.25, 0.3) is 0 Å². The lowest BCUT2D eigenvalue weighted by atomic mass is 9.88. The van der Waals surface area contributed by atoms with E-state index in [0.717, 1.165) is 26.2 Å². The number of benzene rings is 2. The Morgan fingerprint density at radius 1 is 1.00 bits per heavy atom. The van der Waals surface area contributed by atoms with E-state index in [0.29, 0.717) is 17.9 Å². The standard InChI is InChI=1S/C28H33N5O5/c1-3-38-27(37)28(2)22(24(34)25(35)30-16-19-32-17-14-29-15-18-32)23(31-20-10-6-4-7-11-20)26(36)33(28)21-12-8-5-9-13-21/h4-13,29,31H,3,14-19H2,1-2H3,(H,30,35)/t28-/m0/s1. The first kappa shape index (κ1) is 27.0. The van der Waals surface area contributed by atoms with Crippen LogP contribution in [0.1, 0.15) is 13.8 Å². The molecule has 2 heterocycles. The maximum absolute atomic E-state index is 13.9. The van der Waals surface area contributed by atoms with Crippen molar-refractivity contribution in [1.29, 1.82) is 0 Å². The summed E-state index contributed by atoms with van der Waals surface area (Å²) in [5.41, 5.74) is -1.35. The molecule has 10 heteroatoms. The molecule has 1 fully saturated rings. The molecular weight excluding hydrogens is 486 g/mol. The number of Topliss-reactive ketones (excluding diaryl/α,β-unsaturated/α-hetero) is 1. The Kier molecular flexibility index (Phi) is 8.55. The van der Waals surface area contributed by atoms with Crippen LogP contribution < -0.4 is 20.9 Å². The zero-order chi connectivity index (χ0) is 27.1. The number of ketones is 1. The highest BCUT2D eigenvalue weighted by atomic mass is 16.5. The maximum Gasteiger partial charge on any atom is 0.337 e. The summed E-state index contributed by atoms with van der Waals surface area (Å²) in [7, 11) is 0. The van der Waals surface area contributed by atoms with Gasteiger partial charge in [0.25, 0.3) is 17.6 Å². The molecular formula is C28H33N5O5. The fraction of sp³-hybridized carbons (Fsp3) is 0.357. The molecule has 2 aromatic carbocycles. The quantitative estimate of drug-likeness (QED) is 0.318. The molecule has 2 aliphatic heterocycles. The first-order valence-electron chi connectivity index (χ1n) is 12.8. The van der Waals surface area contributed by atoms with Crippen LogP contribution in [0.5, 0.6) is 0 Å². The van der Waals surface area contributed by atoms with Crippen molar-refractivity contribution in [3.8, 4) is 0 Å². The van der Waals surface area contributed by atoms with Gasteiger partial charge in [0, 0.05) is 50.6 Å². The molecule has 1 atom stereocenters. The third-order valence-corrected chi connectivity index (χ3v) is 6.69. The van der Waals surface area contributed by atoms with Crippen LogP contribution >= 0.6 is 0 Å². The highest BCUT2D eigenvalue weighted by Crippen LogP contribution is 2.41. The van der Waals surface area contributed by atoms with Crippen molar-refractivity contribution in [2.45, 2.75) is 19.4 Å². The number of carbonyl (C=O) groups is 4. The van der Waals surface area contributed by atoms with E-state index in [2.05, 4.69) is 20.9 Å². The minimum absolute atomic E-state index is 0.0328. The smallest absolute Gasteiger partial charge is 0.337 e. The number of anilines is 2. The molecule has 3 N–H and O–H groups in total. The van der Waals surface area contributed by atoms with Crippen LogP contribution in [0.3, 0.4) is 0 Å². The molecule has 0 saturated carbocycles. The Bertz CT molecular complexity index is 1210. The van der Waals surface area contributed by atoms with Crippen LogP contribution in [0.15, 0.2) is 71.9 Å². The van der Waals surface area contributed by atoms with E-state index >= 15 is 0 Å². The number of nitrogens with one attached hydrogen (secondary N) is 3. The summed E-state index contributed by atoms with van der Waals surface area (Å²) in [5.74, 6) is -3.28. The normalized spacial score (nSPS) is 19.8. The lowest BCUT2D eigenvalue weighted by Gasteiger charge is -2.34. The van der Waals surface area contributed by atoms with Crippen molar-refractivity contribution in [2.75, 3.05) is 56.1 Å². The molecule has 2 aliphatic rings. The number of rotatable bonds is 10. The number of hydrogen-bond donors (Lipinski definition) is 3. The second kappa shape index (κ2) is 12.0. The van der Waals surface area contributed by atoms with Gasteiger partial charge in [0.05, 0.1) is 12.2 Å². The van der Waals surface area contributed by atoms with Gasteiger partial charge in [0.1, 0.15) is 5.70 Å². The minimum atomic E-state index is -1.88. The molecule has 0 radical (unpaired) electrons. The Morgan fingerprint density at radius 3 is 2.26 bits per heavy atom. The summed E-state index contributed by atoms with van der Waals surface area (Å²) < 4.78 is 5.36. The number of ether oxygens (including phenoxy) is 1. The number of piperazine rings is 1. The zero-order valence-corrected chi connectivity index (χ0v) is 21.7. The van der Waals surface area contributed by atoms with Crippen molar-refractivity contribution in [3.05, 3.63) is 71.9 Å². The largest absolute Gasteiger partial charge is 0.464 e. The predicted octanol–water partition coefficient (Wildman–Crippen LogP) is 1.31. The fourth-order valence-electron chi connectivity index (χ4n) is 4.77. The number of carbonyl (C=O) groups excluding carboxylic acids is 4. The minimum Gasteiger partial charge on any atom is -0.464 e. The highest BCUT2D eigenvalue weighted by Gasteiger charge is 2.58. The predicted molar refractivity (Wildman–Crippen MR) is 143 cm³/mol. The molecule has 1 saturated heterocycles. The van der Waals surface area contributed by atoms with Gasteiger partial charge in [-0.3, -0.25) is 24.2 Å². The molecule has 2 amide bonds. The average Bonchev–Trinajstić information content (AvgIpc) is 3.16. The van der Waals surface area contributed by atoms with Crippen molar-refractivity contribution in [1.82, 2.24) is 15.5 Å². The molecule has 2 aromatic rings. The maximum atomic E-state index is 13.9. The zero-order valence-electron chi connectivity index (χ0n) is 21.7. The lowest BCUT2D eigenvalue weighted by molar-refractivity contribution is -0.149. The van der Waals surface area contributed by atoms with Gasteiger partial charge in [-0.1, -0.05) is 36.4 Å². The first-order chi connectivity index (χ1) is 18.4. The summed E-state index contributed by atoms with van der Waals surface area (Å²) in [6.07, 6.45) is 0. The first-order valence-corrected chi connectivity index (χ1v) is 12.8. The van der Waals surface area contributed by atoms with Gasteiger partial charge in [0.2, 0.25) is 0 Å². The Hall–Kier alpha value is -4.02. The third-order valence-electron chi connectivity index (χ3n) is 6.69. The Balaban J connectivity index is 1.72. The Morgan fingerprint density at radius 2 is 1.63 bits per heavy atom. The Labute approximate surface area is 222 Å². The van der Waals surface area contributed by atoms with Gasteiger partial charge < -0.3 is 20.7 Å². The number of para-hydroxylation sites is 2. The second-order valence-electron chi connectivity index (χ2n) is 9.19. The van der Waals surface area contributed by atoms with Crippen LogP contribution in [0.2, 0.25) is 0 Å². The van der Waals surface area contributed by atoms with E-state index in [4.69, 9.17) is 4.74 Å². The SMILES string of the molecule is CCOC(=O)[C@]1(C)C(C(=O)C(=O)NCCN2CCNCC2)=C(Nc2ccccc2)C(=O)N1c1ccccc1. The van der Waals surface area contributed by atoms with E-state index in [1.807, 2.05) is 6.07 Å². The number of esters is 1. The van der Waals surface area contributed by atoms with Crippen molar-refractivity contribution in [3.63, 3.8) is 0 Å². The molecule has 38 heavy (non-hydrogen) atoms. The van der Waals surface area contributed by atoms with Crippen LogP contribution in [-0.2, 0) is 23.9 Å². The van der Waals surface area contributed by atoms with E-state index in [1.165, 1.54) is 11.8 Å².